The van der Waals surface area contributed by atoms with Crippen molar-refractivity contribution < 1.29 is 12.9 Å². The second kappa shape index (κ2) is 7.51. The van der Waals surface area contributed by atoms with E-state index in [0.717, 1.165) is 25.0 Å². The predicted molar refractivity (Wildman–Crippen MR) is 111 cm³/mol. The molecule has 0 aliphatic carbocycles. The van der Waals surface area contributed by atoms with Gasteiger partial charge in [0.25, 0.3) is 0 Å². The molecule has 0 spiro atoms. The number of fused-ring (bicyclic) bond motifs is 1. The molecule has 4 rings (SSSR count). The van der Waals surface area contributed by atoms with Crippen LogP contribution < -0.4 is 11.1 Å². The van der Waals surface area contributed by atoms with Crippen LogP contribution in [0.2, 0.25) is 0 Å². The molecule has 9 nitrogen and oxygen atoms in total. The van der Waals surface area contributed by atoms with Crippen LogP contribution in [0.25, 0.3) is 11.0 Å². The third kappa shape index (κ3) is 3.20. The highest BCUT2D eigenvalue weighted by molar-refractivity contribution is 7.89. The van der Waals surface area contributed by atoms with Crippen molar-refractivity contribution in [2.24, 2.45) is 14.1 Å². The molecule has 0 saturated carbocycles. The first-order valence-electron chi connectivity index (χ1n) is 9.92. The summed E-state index contributed by atoms with van der Waals surface area (Å²) < 4.78 is 36.1. The maximum Gasteiger partial charge on any atom is 0.316 e. The van der Waals surface area contributed by atoms with Gasteiger partial charge in [-0.1, -0.05) is 12.1 Å². The molecule has 1 aliphatic rings. The summed E-state index contributed by atoms with van der Waals surface area (Å²) in [6.45, 7) is 2.42. The lowest BCUT2D eigenvalue weighted by Crippen LogP contribution is -2.39. The molecule has 0 N–H and O–H groups in total. The summed E-state index contributed by atoms with van der Waals surface area (Å²) in [6.07, 6.45) is 3.06. The zero-order valence-corrected chi connectivity index (χ0v) is 18.0. The summed E-state index contributed by atoms with van der Waals surface area (Å²) in [6, 6.07) is 5.93. The van der Waals surface area contributed by atoms with Crippen LogP contribution in [0.3, 0.4) is 0 Å². The van der Waals surface area contributed by atoms with E-state index >= 15 is 0 Å². The number of hydrogen-bond donors (Lipinski definition) is 0. The van der Waals surface area contributed by atoms with E-state index in [4.69, 9.17) is 4.52 Å². The number of aromatic nitrogens is 3. The molecule has 0 radical (unpaired) electrons. The summed E-state index contributed by atoms with van der Waals surface area (Å²) in [7, 11) is -0.875. The number of hydrogen-bond acceptors (Lipinski definition) is 6. The number of benzene rings is 1. The molecule has 1 aliphatic heterocycles. The van der Waals surface area contributed by atoms with E-state index in [1.165, 1.54) is 39.7 Å². The summed E-state index contributed by atoms with van der Waals surface area (Å²) in [5.41, 5.74) is 0.124. The summed E-state index contributed by atoms with van der Waals surface area (Å²) in [4.78, 5) is 24.3. The molecule has 2 aromatic heterocycles. The fraction of sp³-hybridized carbons (Fsp3) is 0.450. The molecule has 0 amide bonds. The molecule has 10 heteroatoms. The van der Waals surface area contributed by atoms with Crippen LogP contribution in [-0.2, 0) is 30.5 Å². The molecule has 1 fully saturated rings. The maximum absolute atomic E-state index is 13.5. The number of sulfonamides is 1. The Labute approximate surface area is 173 Å². The molecule has 3 heterocycles. The molecular weight excluding hydrogens is 408 g/mol. The first-order valence-corrected chi connectivity index (χ1v) is 11.4. The highest BCUT2D eigenvalue weighted by Crippen LogP contribution is 2.36. The van der Waals surface area contributed by atoms with E-state index in [2.05, 4.69) is 5.16 Å². The Hall–Kier alpha value is -2.72. The fourth-order valence-electron chi connectivity index (χ4n) is 4.03. The molecule has 3 aromatic rings. The van der Waals surface area contributed by atoms with Gasteiger partial charge in [0.2, 0.25) is 10.0 Å². The number of nitrogens with zero attached hydrogens (tertiary/aromatic N) is 4. The third-order valence-electron chi connectivity index (χ3n) is 5.69. The van der Waals surface area contributed by atoms with Crippen molar-refractivity contribution in [3.63, 3.8) is 0 Å². The smallest absolute Gasteiger partial charge is 0.316 e. The Morgan fingerprint density at radius 1 is 1.10 bits per heavy atom. The standard InChI is InChI=1S/C20H24N4O5S/c1-4-6-13-11-15(21-29-13)16-7-5-10-24(16)30(27,28)14-8-9-17-18(12-14)23(3)20(26)19(25)22(17)2/h8-9,11-12,16H,4-7,10H2,1-3H3. The van der Waals surface area contributed by atoms with Gasteiger partial charge in [0, 0.05) is 33.1 Å². The molecule has 1 unspecified atom stereocenters. The molecule has 30 heavy (non-hydrogen) atoms. The van der Waals surface area contributed by atoms with Gasteiger partial charge in [-0.2, -0.15) is 4.31 Å². The zero-order valence-electron chi connectivity index (χ0n) is 17.2. The van der Waals surface area contributed by atoms with Gasteiger partial charge in [-0.05, 0) is 37.5 Å². The van der Waals surface area contributed by atoms with Crippen molar-refractivity contribution in [1.82, 2.24) is 18.6 Å². The van der Waals surface area contributed by atoms with Gasteiger partial charge < -0.3 is 13.7 Å². The van der Waals surface area contributed by atoms with E-state index in [0.29, 0.717) is 29.7 Å². The summed E-state index contributed by atoms with van der Waals surface area (Å²) in [5.74, 6) is 0.748. The second-order valence-corrected chi connectivity index (χ2v) is 9.51. The molecule has 1 aromatic carbocycles. The quantitative estimate of drug-likeness (QED) is 0.568. The van der Waals surface area contributed by atoms with Crippen LogP contribution in [0.1, 0.15) is 43.7 Å². The fourth-order valence-corrected chi connectivity index (χ4v) is 5.72. The van der Waals surface area contributed by atoms with Crippen LogP contribution in [0.15, 0.2) is 43.3 Å². The summed E-state index contributed by atoms with van der Waals surface area (Å²) in [5, 5.41) is 4.11. The van der Waals surface area contributed by atoms with E-state index in [-0.39, 0.29) is 10.9 Å². The lowest BCUT2D eigenvalue weighted by Gasteiger charge is -2.23. The van der Waals surface area contributed by atoms with Crippen LogP contribution >= 0.6 is 0 Å². The van der Waals surface area contributed by atoms with Crippen molar-refractivity contribution in [3.05, 3.63) is 56.4 Å². The van der Waals surface area contributed by atoms with Gasteiger partial charge in [-0.3, -0.25) is 9.59 Å². The normalized spacial score (nSPS) is 17.8. The van der Waals surface area contributed by atoms with Crippen molar-refractivity contribution in [1.29, 1.82) is 0 Å². The van der Waals surface area contributed by atoms with Crippen molar-refractivity contribution in [2.75, 3.05) is 6.54 Å². The van der Waals surface area contributed by atoms with Gasteiger partial charge in [-0.15, -0.1) is 0 Å². The van der Waals surface area contributed by atoms with Crippen molar-refractivity contribution in [2.45, 2.75) is 43.5 Å². The zero-order chi connectivity index (χ0) is 21.6. The van der Waals surface area contributed by atoms with Crippen molar-refractivity contribution >= 4 is 21.1 Å². The van der Waals surface area contributed by atoms with Crippen LogP contribution in [0, 0.1) is 0 Å². The predicted octanol–water partition coefficient (Wildman–Crippen LogP) is 1.70. The van der Waals surface area contributed by atoms with Crippen LogP contribution in [0.5, 0.6) is 0 Å². The van der Waals surface area contributed by atoms with E-state index in [1.54, 1.807) is 6.07 Å². The Morgan fingerprint density at radius 3 is 2.50 bits per heavy atom. The number of rotatable bonds is 5. The lowest BCUT2D eigenvalue weighted by molar-refractivity contribution is 0.343. The summed E-state index contributed by atoms with van der Waals surface area (Å²) >= 11 is 0. The van der Waals surface area contributed by atoms with E-state index < -0.39 is 21.1 Å². The van der Waals surface area contributed by atoms with Gasteiger partial charge in [0.1, 0.15) is 11.5 Å². The molecule has 0 bridgehead atoms. The van der Waals surface area contributed by atoms with E-state index in [9.17, 15) is 18.0 Å². The highest BCUT2D eigenvalue weighted by Gasteiger charge is 2.38. The average molecular weight is 433 g/mol. The minimum absolute atomic E-state index is 0.0767. The minimum Gasteiger partial charge on any atom is -0.361 e. The molecule has 1 saturated heterocycles. The van der Waals surface area contributed by atoms with Crippen LogP contribution in [0.4, 0.5) is 0 Å². The topological polar surface area (TPSA) is 107 Å². The van der Waals surface area contributed by atoms with Gasteiger partial charge in [-0.25, -0.2) is 8.42 Å². The first kappa shape index (κ1) is 20.5. The minimum atomic E-state index is -3.83. The Kier molecular flexibility index (Phi) is 5.15. The van der Waals surface area contributed by atoms with Gasteiger partial charge in [0.05, 0.1) is 22.0 Å². The first-order chi connectivity index (χ1) is 14.3. The van der Waals surface area contributed by atoms with E-state index in [1.807, 2.05) is 13.0 Å². The Bertz CT molecular complexity index is 1340. The molecular formula is C20H24N4O5S. The van der Waals surface area contributed by atoms with Gasteiger partial charge in [0.15, 0.2) is 0 Å². The lowest BCUT2D eigenvalue weighted by atomic mass is 10.1. The largest absolute Gasteiger partial charge is 0.361 e. The SMILES string of the molecule is CCCc1cc(C2CCCN2S(=O)(=O)c2ccc3c(c2)n(C)c(=O)c(=O)n3C)no1. The van der Waals surface area contributed by atoms with Gasteiger partial charge >= 0.3 is 11.1 Å². The Morgan fingerprint density at radius 2 is 1.80 bits per heavy atom. The highest BCUT2D eigenvalue weighted by atomic mass is 32.2. The Balaban J connectivity index is 1.78. The number of aryl methyl sites for hydroxylation is 3. The third-order valence-corrected chi connectivity index (χ3v) is 7.59. The van der Waals surface area contributed by atoms with Crippen LogP contribution in [-0.4, -0.2) is 33.6 Å². The monoisotopic (exact) mass is 432 g/mol. The van der Waals surface area contributed by atoms with Crippen molar-refractivity contribution in [3.8, 4) is 0 Å². The molecule has 1 atom stereocenters. The maximum atomic E-state index is 13.5. The average Bonchev–Trinajstić information content (AvgIpc) is 3.40. The molecule has 160 valence electrons. The second-order valence-electron chi connectivity index (χ2n) is 7.62.